The molecule has 1 atom stereocenters. The topological polar surface area (TPSA) is 54.7 Å². The lowest BCUT2D eigenvalue weighted by atomic mass is 10.1. The van der Waals surface area contributed by atoms with Gasteiger partial charge in [-0.15, -0.1) is 0 Å². The second-order valence-corrected chi connectivity index (χ2v) is 7.06. The summed E-state index contributed by atoms with van der Waals surface area (Å²) in [6.07, 6.45) is 4.00. The van der Waals surface area contributed by atoms with Gasteiger partial charge in [0.1, 0.15) is 23.1 Å². The van der Waals surface area contributed by atoms with Crippen LogP contribution in [0.25, 0.3) is 0 Å². The number of halogens is 1. The molecule has 0 saturated carbocycles. The molecule has 0 aliphatic carbocycles. The third kappa shape index (κ3) is 4.84. The molecule has 2 heterocycles. The van der Waals surface area contributed by atoms with Crippen LogP contribution in [0.15, 0.2) is 71.3 Å². The van der Waals surface area contributed by atoms with E-state index in [-0.39, 0.29) is 17.8 Å². The molecule has 1 saturated heterocycles. The van der Waals surface area contributed by atoms with Crippen LogP contribution in [0.2, 0.25) is 0 Å². The van der Waals surface area contributed by atoms with Crippen LogP contribution in [0, 0.1) is 5.82 Å². The van der Waals surface area contributed by atoms with Gasteiger partial charge >= 0.3 is 0 Å². The maximum Gasteiger partial charge on any atom is 0.251 e. The lowest BCUT2D eigenvalue weighted by Crippen LogP contribution is -2.36. The summed E-state index contributed by atoms with van der Waals surface area (Å²) < 4.78 is 24.2. The largest absolute Gasteiger partial charge is 0.468 e. The molecule has 0 bridgehead atoms. The highest BCUT2D eigenvalue weighted by Gasteiger charge is 2.26. The van der Waals surface area contributed by atoms with Crippen LogP contribution in [-0.2, 0) is 0 Å². The van der Waals surface area contributed by atoms with Gasteiger partial charge in [-0.1, -0.05) is 0 Å². The van der Waals surface area contributed by atoms with E-state index in [4.69, 9.17) is 9.15 Å². The molecule has 0 radical (unpaired) electrons. The Labute approximate surface area is 169 Å². The molecule has 1 aliphatic rings. The summed E-state index contributed by atoms with van der Waals surface area (Å²) in [5.74, 6) is 1.53. The van der Waals surface area contributed by atoms with Crippen molar-refractivity contribution in [3.63, 3.8) is 0 Å². The van der Waals surface area contributed by atoms with Crippen molar-refractivity contribution >= 4 is 5.91 Å². The molecule has 5 nitrogen and oxygen atoms in total. The van der Waals surface area contributed by atoms with Gasteiger partial charge in [0.05, 0.1) is 12.3 Å². The summed E-state index contributed by atoms with van der Waals surface area (Å²) in [4.78, 5) is 14.9. The molecule has 1 N–H and O–H groups in total. The van der Waals surface area contributed by atoms with E-state index in [1.807, 2.05) is 12.1 Å². The van der Waals surface area contributed by atoms with E-state index in [1.165, 1.54) is 25.0 Å². The lowest BCUT2D eigenvalue weighted by Gasteiger charge is -2.26. The predicted octanol–water partition coefficient (Wildman–Crippen LogP) is 4.78. The summed E-state index contributed by atoms with van der Waals surface area (Å²) in [6, 6.07) is 16.5. The number of carbonyl (C=O) groups excluding carboxylic acids is 1. The molecule has 3 aromatic rings. The van der Waals surface area contributed by atoms with Crippen molar-refractivity contribution in [3.05, 3.63) is 84.1 Å². The van der Waals surface area contributed by atoms with Gasteiger partial charge in [-0.2, -0.15) is 0 Å². The number of likely N-dealkylation sites (tertiary alicyclic amines) is 1. The highest BCUT2D eigenvalue weighted by molar-refractivity contribution is 5.94. The molecule has 0 unspecified atom stereocenters. The minimum absolute atomic E-state index is 0.0394. The van der Waals surface area contributed by atoms with Gasteiger partial charge in [0.15, 0.2) is 0 Å². The maximum absolute atomic E-state index is 13.0. The average Bonchev–Trinajstić information content (AvgIpc) is 3.45. The highest BCUT2D eigenvalue weighted by Crippen LogP contribution is 2.25. The van der Waals surface area contributed by atoms with E-state index >= 15 is 0 Å². The average molecular weight is 394 g/mol. The number of hydrogen-bond donors (Lipinski definition) is 1. The van der Waals surface area contributed by atoms with Gasteiger partial charge in [0.2, 0.25) is 0 Å². The van der Waals surface area contributed by atoms with Crippen molar-refractivity contribution in [2.75, 3.05) is 19.6 Å². The zero-order valence-electron chi connectivity index (χ0n) is 16.0. The smallest absolute Gasteiger partial charge is 0.251 e. The number of benzene rings is 2. The first kappa shape index (κ1) is 19.2. The molecule has 1 amide bonds. The van der Waals surface area contributed by atoms with Gasteiger partial charge in [-0.3, -0.25) is 9.69 Å². The lowest BCUT2D eigenvalue weighted by molar-refractivity contribution is 0.0933. The number of ether oxygens (including phenoxy) is 1. The number of amides is 1. The molecular weight excluding hydrogens is 371 g/mol. The van der Waals surface area contributed by atoms with Gasteiger partial charge in [0, 0.05) is 12.1 Å². The molecule has 6 heteroatoms. The molecule has 4 rings (SSSR count). The van der Waals surface area contributed by atoms with Crippen LogP contribution < -0.4 is 10.1 Å². The van der Waals surface area contributed by atoms with E-state index in [2.05, 4.69) is 10.2 Å². The van der Waals surface area contributed by atoms with Crippen molar-refractivity contribution in [1.82, 2.24) is 10.2 Å². The second-order valence-electron chi connectivity index (χ2n) is 7.06. The Balaban J connectivity index is 1.36. The maximum atomic E-state index is 13.0. The van der Waals surface area contributed by atoms with Crippen LogP contribution in [-0.4, -0.2) is 30.4 Å². The van der Waals surface area contributed by atoms with E-state index in [9.17, 15) is 9.18 Å². The first-order valence-electron chi connectivity index (χ1n) is 9.78. The first-order chi connectivity index (χ1) is 14.2. The Morgan fingerprint density at radius 1 is 1.03 bits per heavy atom. The van der Waals surface area contributed by atoms with Gasteiger partial charge in [0.25, 0.3) is 5.91 Å². The van der Waals surface area contributed by atoms with Crippen LogP contribution in [0.4, 0.5) is 4.39 Å². The summed E-state index contributed by atoms with van der Waals surface area (Å²) in [6.45, 7) is 2.51. The Kier molecular flexibility index (Phi) is 5.91. The standard InChI is InChI=1S/C23H23FN2O3/c24-18-7-11-20(12-8-18)29-19-9-5-17(6-10-19)23(27)25-16-21(22-4-3-15-28-22)26-13-1-2-14-26/h3-12,15,21H,1-2,13-14,16H2,(H,25,27)/t21-/m1/s1. The van der Waals surface area contributed by atoms with Crippen molar-refractivity contribution in [2.24, 2.45) is 0 Å². The Morgan fingerprint density at radius 2 is 1.69 bits per heavy atom. The molecule has 0 spiro atoms. The fraction of sp³-hybridized carbons (Fsp3) is 0.261. The van der Waals surface area contributed by atoms with Crippen LogP contribution in [0.1, 0.15) is 35.0 Å². The highest BCUT2D eigenvalue weighted by atomic mass is 19.1. The van der Waals surface area contributed by atoms with E-state index < -0.39 is 0 Å². The second kappa shape index (κ2) is 8.92. The van der Waals surface area contributed by atoms with E-state index in [1.54, 1.807) is 42.7 Å². The van der Waals surface area contributed by atoms with Crippen molar-refractivity contribution in [2.45, 2.75) is 18.9 Å². The zero-order chi connectivity index (χ0) is 20.1. The molecule has 29 heavy (non-hydrogen) atoms. The van der Waals surface area contributed by atoms with Gasteiger partial charge in [-0.25, -0.2) is 4.39 Å². The molecular formula is C23H23FN2O3. The molecule has 1 fully saturated rings. The minimum atomic E-state index is -0.314. The molecule has 1 aliphatic heterocycles. The number of rotatable bonds is 7. The number of furan rings is 1. The van der Waals surface area contributed by atoms with Crippen molar-refractivity contribution < 1.29 is 18.3 Å². The van der Waals surface area contributed by atoms with Crippen LogP contribution in [0.5, 0.6) is 11.5 Å². The fourth-order valence-electron chi connectivity index (χ4n) is 3.55. The number of carbonyl (C=O) groups is 1. The van der Waals surface area contributed by atoms with Crippen molar-refractivity contribution in [3.8, 4) is 11.5 Å². The van der Waals surface area contributed by atoms with E-state index in [0.717, 1.165) is 18.8 Å². The fourth-order valence-corrected chi connectivity index (χ4v) is 3.55. The monoisotopic (exact) mass is 394 g/mol. The Hall–Kier alpha value is -3.12. The van der Waals surface area contributed by atoms with E-state index in [0.29, 0.717) is 23.6 Å². The predicted molar refractivity (Wildman–Crippen MR) is 108 cm³/mol. The SMILES string of the molecule is O=C(NC[C@H](c1ccco1)N1CCCC1)c1ccc(Oc2ccc(F)cc2)cc1. The summed E-state index contributed by atoms with van der Waals surface area (Å²) >= 11 is 0. The first-order valence-corrected chi connectivity index (χ1v) is 9.78. The van der Waals surface area contributed by atoms with Gasteiger partial charge < -0.3 is 14.5 Å². The zero-order valence-corrected chi connectivity index (χ0v) is 16.0. The minimum Gasteiger partial charge on any atom is -0.468 e. The summed E-state index contributed by atoms with van der Waals surface area (Å²) in [7, 11) is 0. The van der Waals surface area contributed by atoms with Crippen LogP contribution >= 0.6 is 0 Å². The van der Waals surface area contributed by atoms with Crippen molar-refractivity contribution in [1.29, 1.82) is 0 Å². The summed E-state index contributed by atoms with van der Waals surface area (Å²) in [5.41, 5.74) is 0.552. The summed E-state index contributed by atoms with van der Waals surface area (Å²) in [5, 5.41) is 3.02. The number of nitrogens with zero attached hydrogens (tertiary/aromatic N) is 1. The Bertz CT molecular complexity index is 918. The number of hydrogen-bond acceptors (Lipinski definition) is 4. The quantitative estimate of drug-likeness (QED) is 0.627. The Morgan fingerprint density at radius 3 is 2.31 bits per heavy atom. The normalized spacial score (nSPS) is 15.2. The third-order valence-electron chi connectivity index (χ3n) is 5.07. The molecule has 150 valence electrons. The van der Waals surface area contributed by atoms with Gasteiger partial charge in [-0.05, 0) is 86.6 Å². The molecule has 2 aromatic carbocycles. The number of nitrogens with one attached hydrogen (secondary N) is 1. The third-order valence-corrected chi connectivity index (χ3v) is 5.07. The molecule has 1 aromatic heterocycles. The van der Waals surface area contributed by atoms with Crippen LogP contribution in [0.3, 0.4) is 0 Å².